The predicted octanol–water partition coefficient (Wildman–Crippen LogP) is 6.61. The third-order valence-electron chi connectivity index (χ3n) is 9.03. The Morgan fingerprint density at radius 3 is 2.48 bits per heavy atom. The van der Waals surface area contributed by atoms with E-state index < -0.39 is 0 Å². The van der Waals surface area contributed by atoms with Gasteiger partial charge in [-0.05, 0) is 105 Å². The summed E-state index contributed by atoms with van der Waals surface area (Å²) in [6, 6.07) is 0. The van der Waals surface area contributed by atoms with E-state index in [1.807, 2.05) is 5.57 Å². The van der Waals surface area contributed by atoms with Crippen LogP contribution in [-0.4, -0.2) is 0 Å². The van der Waals surface area contributed by atoms with Crippen molar-refractivity contribution in [1.29, 1.82) is 0 Å². The maximum atomic E-state index is 2.81. The third kappa shape index (κ3) is 2.46. The van der Waals surface area contributed by atoms with Crippen molar-refractivity contribution in [1.82, 2.24) is 0 Å². The molecule has 0 aromatic heterocycles. The molecule has 0 heterocycles. The smallest absolute Gasteiger partial charge is 0.0169 e. The SMILES string of the molecule is CC1CCC2C(CCC3C4CCC5CCCCC5C4=CCC23)C1. The van der Waals surface area contributed by atoms with E-state index in [-0.39, 0.29) is 0 Å². The van der Waals surface area contributed by atoms with Crippen LogP contribution >= 0.6 is 0 Å². The summed E-state index contributed by atoms with van der Waals surface area (Å²) in [6.07, 6.45) is 21.3. The van der Waals surface area contributed by atoms with Crippen LogP contribution in [0.15, 0.2) is 11.6 Å². The van der Waals surface area contributed by atoms with E-state index >= 15 is 0 Å². The van der Waals surface area contributed by atoms with Gasteiger partial charge in [-0.3, -0.25) is 0 Å². The highest BCUT2D eigenvalue weighted by Crippen LogP contribution is 2.58. The summed E-state index contributed by atoms with van der Waals surface area (Å²) in [5.41, 5.74) is 1.99. The topological polar surface area (TPSA) is 0 Å². The monoisotopic (exact) mass is 312 g/mol. The van der Waals surface area contributed by atoms with Gasteiger partial charge in [-0.1, -0.05) is 37.8 Å². The molecule has 5 aliphatic rings. The molecular formula is C23H36. The van der Waals surface area contributed by atoms with Gasteiger partial charge in [0.25, 0.3) is 0 Å². The van der Waals surface area contributed by atoms with Crippen molar-refractivity contribution in [3.8, 4) is 0 Å². The zero-order chi connectivity index (χ0) is 15.4. The molecular weight excluding hydrogens is 276 g/mol. The molecule has 0 spiro atoms. The predicted molar refractivity (Wildman–Crippen MR) is 97.1 cm³/mol. The van der Waals surface area contributed by atoms with Crippen LogP contribution < -0.4 is 0 Å². The summed E-state index contributed by atoms with van der Waals surface area (Å²) < 4.78 is 0. The number of hydrogen-bond acceptors (Lipinski definition) is 0. The lowest BCUT2D eigenvalue weighted by molar-refractivity contribution is -0.0000453. The second kappa shape index (κ2) is 5.92. The zero-order valence-corrected chi connectivity index (χ0v) is 15.2. The molecule has 0 saturated heterocycles. The summed E-state index contributed by atoms with van der Waals surface area (Å²) >= 11 is 0. The lowest BCUT2D eigenvalue weighted by Crippen LogP contribution is -2.45. The highest BCUT2D eigenvalue weighted by molar-refractivity contribution is 5.22. The second-order valence-electron chi connectivity index (χ2n) is 10.0. The fourth-order valence-electron chi connectivity index (χ4n) is 8.07. The Morgan fingerprint density at radius 2 is 1.52 bits per heavy atom. The van der Waals surface area contributed by atoms with Gasteiger partial charge in [0.05, 0.1) is 0 Å². The first kappa shape index (κ1) is 15.0. The molecule has 5 aliphatic carbocycles. The van der Waals surface area contributed by atoms with Gasteiger partial charge in [0.15, 0.2) is 0 Å². The highest BCUT2D eigenvalue weighted by atomic mass is 14.5. The summed E-state index contributed by atoms with van der Waals surface area (Å²) in [4.78, 5) is 0. The highest BCUT2D eigenvalue weighted by Gasteiger charge is 2.49. The van der Waals surface area contributed by atoms with Crippen molar-refractivity contribution >= 4 is 0 Å². The first-order valence-electron chi connectivity index (χ1n) is 11.0. The molecule has 5 rings (SSSR count). The minimum Gasteiger partial charge on any atom is -0.0845 e. The number of allylic oxidation sites excluding steroid dienone is 2. The second-order valence-corrected chi connectivity index (χ2v) is 10.0. The van der Waals surface area contributed by atoms with E-state index in [1.54, 1.807) is 44.9 Å². The zero-order valence-electron chi connectivity index (χ0n) is 15.2. The maximum absolute atomic E-state index is 2.81. The lowest BCUT2D eigenvalue weighted by Gasteiger charge is -2.54. The van der Waals surface area contributed by atoms with Crippen LogP contribution in [0.3, 0.4) is 0 Å². The average Bonchev–Trinajstić information content (AvgIpc) is 2.60. The molecule has 0 bridgehead atoms. The van der Waals surface area contributed by atoms with Crippen LogP contribution in [0.25, 0.3) is 0 Å². The van der Waals surface area contributed by atoms with Gasteiger partial charge in [-0.15, -0.1) is 0 Å². The molecule has 0 aromatic carbocycles. The molecule has 0 aliphatic heterocycles. The fourth-order valence-corrected chi connectivity index (χ4v) is 8.07. The van der Waals surface area contributed by atoms with E-state index in [1.165, 1.54) is 32.1 Å². The summed E-state index contributed by atoms with van der Waals surface area (Å²) in [6.45, 7) is 2.51. The first-order valence-corrected chi connectivity index (χ1v) is 11.0. The Bertz CT molecular complexity index is 474. The molecule has 23 heavy (non-hydrogen) atoms. The van der Waals surface area contributed by atoms with Crippen LogP contribution in [0.5, 0.6) is 0 Å². The maximum Gasteiger partial charge on any atom is -0.0169 e. The first-order chi connectivity index (χ1) is 11.3. The quantitative estimate of drug-likeness (QED) is 0.441. The van der Waals surface area contributed by atoms with Gasteiger partial charge < -0.3 is 0 Å². The van der Waals surface area contributed by atoms with E-state index in [9.17, 15) is 0 Å². The van der Waals surface area contributed by atoms with Crippen molar-refractivity contribution in [2.45, 2.75) is 84.0 Å². The van der Waals surface area contributed by atoms with Gasteiger partial charge in [-0.25, -0.2) is 0 Å². The van der Waals surface area contributed by atoms with Gasteiger partial charge in [0.1, 0.15) is 0 Å². The summed E-state index contributed by atoms with van der Waals surface area (Å²) in [5, 5.41) is 0. The number of hydrogen-bond donors (Lipinski definition) is 0. The Kier molecular flexibility index (Phi) is 3.87. The van der Waals surface area contributed by atoms with E-state index in [4.69, 9.17) is 0 Å². The molecule has 8 unspecified atom stereocenters. The average molecular weight is 313 g/mol. The van der Waals surface area contributed by atoms with Crippen molar-refractivity contribution < 1.29 is 0 Å². The van der Waals surface area contributed by atoms with Crippen LogP contribution in [0.4, 0.5) is 0 Å². The molecule has 0 N–H and O–H groups in total. The van der Waals surface area contributed by atoms with Crippen LogP contribution in [0, 0.1) is 47.3 Å². The van der Waals surface area contributed by atoms with Gasteiger partial charge >= 0.3 is 0 Å². The molecule has 8 atom stereocenters. The third-order valence-corrected chi connectivity index (χ3v) is 9.03. The molecule has 0 aromatic rings. The summed E-state index contributed by atoms with van der Waals surface area (Å²) in [7, 11) is 0. The molecule has 4 saturated carbocycles. The van der Waals surface area contributed by atoms with Gasteiger partial charge in [0.2, 0.25) is 0 Å². The Hall–Kier alpha value is -0.260. The van der Waals surface area contributed by atoms with Gasteiger partial charge in [-0.2, -0.15) is 0 Å². The molecule has 4 fully saturated rings. The van der Waals surface area contributed by atoms with Crippen molar-refractivity contribution in [2.24, 2.45) is 47.3 Å². The Morgan fingerprint density at radius 1 is 0.696 bits per heavy atom. The van der Waals surface area contributed by atoms with E-state index in [2.05, 4.69) is 13.0 Å². The minimum absolute atomic E-state index is 1.01. The largest absolute Gasteiger partial charge is 0.0845 e. The van der Waals surface area contributed by atoms with Gasteiger partial charge in [0, 0.05) is 0 Å². The van der Waals surface area contributed by atoms with Crippen LogP contribution in [-0.2, 0) is 0 Å². The number of fused-ring (bicyclic) bond motifs is 7. The number of rotatable bonds is 0. The van der Waals surface area contributed by atoms with Crippen molar-refractivity contribution in [2.75, 3.05) is 0 Å². The van der Waals surface area contributed by atoms with Crippen LogP contribution in [0.1, 0.15) is 84.0 Å². The molecule has 0 radical (unpaired) electrons. The lowest BCUT2D eigenvalue weighted by atomic mass is 9.50. The molecule has 128 valence electrons. The molecule has 0 heteroatoms. The minimum atomic E-state index is 1.01. The van der Waals surface area contributed by atoms with E-state index in [0.717, 1.165) is 47.3 Å². The fraction of sp³-hybridized carbons (Fsp3) is 0.913. The normalized spacial score (nSPS) is 52.5. The van der Waals surface area contributed by atoms with Crippen molar-refractivity contribution in [3.05, 3.63) is 11.6 Å². The Labute approximate surface area is 143 Å². The standard InChI is InChI=1S/C23H36/c1-15-6-9-19-17(14-15)8-11-23-21(19)13-12-20-18-5-3-2-4-16(18)7-10-22(20)23/h12,15-19,21-23H,2-11,13-14H2,1H3. The van der Waals surface area contributed by atoms with E-state index in [0.29, 0.717) is 0 Å². The molecule has 0 nitrogen and oxygen atoms in total. The van der Waals surface area contributed by atoms with Crippen molar-refractivity contribution in [3.63, 3.8) is 0 Å². The molecule has 0 amide bonds. The summed E-state index contributed by atoms with van der Waals surface area (Å²) in [5.74, 6) is 8.51. The Balaban J connectivity index is 1.39. The van der Waals surface area contributed by atoms with Crippen LogP contribution in [0.2, 0.25) is 0 Å².